The van der Waals surface area contributed by atoms with Crippen LogP contribution >= 0.6 is 0 Å². The number of hydrogen-bond donors (Lipinski definition) is 1. The molecule has 0 radical (unpaired) electrons. The number of hydrogen-bond acceptors (Lipinski definition) is 4. The summed E-state index contributed by atoms with van der Waals surface area (Å²) in [6.07, 6.45) is 2.60. The third-order valence-corrected chi connectivity index (χ3v) is 4.12. The summed E-state index contributed by atoms with van der Waals surface area (Å²) >= 11 is 0. The first kappa shape index (κ1) is 16.9. The first-order valence-corrected chi connectivity index (χ1v) is 7.78. The van der Waals surface area contributed by atoms with Gasteiger partial charge in [0.25, 0.3) is 5.91 Å². The average Bonchev–Trinajstić information content (AvgIpc) is 2.55. The predicted octanol–water partition coefficient (Wildman–Crippen LogP) is 1.89. The molecule has 1 aliphatic rings. The van der Waals surface area contributed by atoms with Crippen LogP contribution in [0, 0.1) is 0 Å². The van der Waals surface area contributed by atoms with Gasteiger partial charge in [-0.3, -0.25) is 4.79 Å². The molecule has 1 fully saturated rings. The van der Waals surface area contributed by atoms with Crippen LogP contribution in [0.1, 0.15) is 29.6 Å². The van der Waals surface area contributed by atoms with Crippen LogP contribution in [0.2, 0.25) is 0 Å². The maximum absolute atomic E-state index is 12.0. The van der Waals surface area contributed by atoms with Crippen LogP contribution in [0.15, 0.2) is 30.3 Å². The van der Waals surface area contributed by atoms with Crippen molar-refractivity contribution in [1.82, 2.24) is 10.2 Å². The van der Waals surface area contributed by atoms with Crippen LogP contribution < -0.4 is 5.32 Å². The van der Waals surface area contributed by atoms with E-state index in [1.165, 1.54) is 0 Å². The van der Waals surface area contributed by atoms with E-state index < -0.39 is 0 Å². The van der Waals surface area contributed by atoms with Gasteiger partial charge in [-0.25, -0.2) is 0 Å². The normalized spacial score (nSPS) is 25.2. The van der Waals surface area contributed by atoms with E-state index >= 15 is 0 Å². The van der Waals surface area contributed by atoms with Gasteiger partial charge in [0.15, 0.2) is 6.29 Å². The van der Waals surface area contributed by atoms with Crippen molar-refractivity contribution in [2.75, 3.05) is 27.7 Å². The third-order valence-electron chi connectivity index (χ3n) is 4.12. The minimum Gasteiger partial charge on any atom is -0.356 e. The van der Waals surface area contributed by atoms with E-state index in [9.17, 15) is 4.79 Å². The maximum atomic E-state index is 12.0. The van der Waals surface area contributed by atoms with Crippen LogP contribution in [0.25, 0.3) is 0 Å². The molecule has 1 aromatic carbocycles. The highest BCUT2D eigenvalue weighted by molar-refractivity contribution is 5.94. The summed E-state index contributed by atoms with van der Waals surface area (Å²) in [5, 5.41) is 2.95. The lowest BCUT2D eigenvalue weighted by atomic mass is 9.99. The van der Waals surface area contributed by atoms with Crippen molar-refractivity contribution in [3.05, 3.63) is 35.9 Å². The molecule has 1 saturated heterocycles. The number of carbonyl (C=O) groups is 1. The molecule has 5 nitrogen and oxygen atoms in total. The van der Waals surface area contributed by atoms with Gasteiger partial charge in [-0.2, -0.15) is 0 Å². The fraction of sp³-hybridized carbons (Fsp3) is 0.588. The molecule has 1 aliphatic heterocycles. The van der Waals surface area contributed by atoms with Gasteiger partial charge in [0.1, 0.15) is 0 Å². The molecule has 22 heavy (non-hydrogen) atoms. The van der Waals surface area contributed by atoms with E-state index in [4.69, 9.17) is 9.47 Å². The summed E-state index contributed by atoms with van der Waals surface area (Å²) in [6, 6.07) is 9.71. The van der Waals surface area contributed by atoms with Crippen molar-refractivity contribution in [2.45, 2.75) is 37.7 Å². The Bertz CT molecular complexity index is 464. The van der Waals surface area contributed by atoms with Gasteiger partial charge in [-0.1, -0.05) is 18.2 Å². The summed E-state index contributed by atoms with van der Waals surface area (Å²) in [7, 11) is 5.84. The predicted molar refractivity (Wildman–Crippen MR) is 85.8 cm³/mol. The van der Waals surface area contributed by atoms with Gasteiger partial charge in [0, 0.05) is 31.7 Å². The van der Waals surface area contributed by atoms with Crippen LogP contribution in [0.4, 0.5) is 0 Å². The molecule has 0 unspecified atom stereocenters. The third kappa shape index (κ3) is 4.80. The lowest BCUT2D eigenvalue weighted by Crippen LogP contribution is -2.44. The first-order chi connectivity index (χ1) is 10.6. The fourth-order valence-corrected chi connectivity index (χ4v) is 2.75. The Morgan fingerprint density at radius 2 is 2.05 bits per heavy atom. The Hall–Kier alpha value is -1.43. The lowest BCUT2D eigenvalue weighted by Gasteiger charge is -2.37. The maximum Gasteiger partial charge on any atom is 0.251 e. The van der Waals surface area contributed by atoms with Gasteiger partial charge in [-0.15, -0.1) is 0 Å². The van der Waals surface area contributed by atoms with Crippen molar-refractivity contribution < 1.29 is 14.3 Å². The molecule has 0 aliphatic carbocycles. The van der Waals surface area contributed by atoms with Gasteiger partial charge in [-0.05, 0) is 39.1 Å². The average molecular weight is 306 g/mol. The van der Waals surface area contributed by atoms with Gasteiger partial charge < -0.3 is 19.7 Å². The number of nitrogens with one attached hydrogen (secondary N) is 1. The number of carbonyl (C=O) groups excluding carboxylic acids is 1. The van der Waals surface area contributed by atoms with Gasteiger partial charge in [0.05, 0.1) is 6.10 Å². The minimum atomic E-state index is -0.157. The highest BCUT2D eigenvalue weighted by Gasteiger charge is 2.30. The van der Waals surface area contributed by atoms with Crippen LogP contribution in [0.5, 0.6) is 0 Å². The number of ether oxygens (including phenoxy) is 2. The summed E-state index contributed by atoms with van der Waals surface area (Å²) in [5.41, 5.74) is 0.688. The number of rotatable bonds is 6. The molecule has 1 amide bonds. The van der Waals surface area contributed by atoms with Crippen LogP contribution in [-0.4, -0.2) is 57.0 Å². The molecule has 0 bridgehead atoms. The van der Waals surface area contributed by atoms with E-state index in [0.717, 1.165) is 19.3 Å². The van der Waals surface area contributed by atoms with Gasteiger partial charge >= 0.3 is 0 Å². The molecule has 0 saturated carbocycles. The molecule has 1 N–H and O–H groups in total. The Labute approximate surface area is 132 Å². The Kier molecular flexibility index (Phi) is 6.36. The van der Waals surface area contributed by atoms with E-state index in [1.807, 2.05) is 30.3 Å². The lowest BCUT2D eigenvalue weighted by molar-refractivity contribution is -0.194. The SMILES string of the molecule is CO[C@H]1C[C@@H](N(C)C)C[C@@H](CCNC(=O)c2ccccc2)O1. The molecule has 122 valence electrons. The second-order valence-corrected chi connectivity index (χ2v) is 5.92. The zero-order valence-corrected chi connectivity index (χ0v) is 13.6. The number of methoxy groups -OCH3 is 1. The molecule has 1 aromatic rings. The summed E-state index contributed by atoms with van der Waals surface area (Å²) in [6.45, 7) is 0.606. The molecule has 1 heterocycles. The van der Waals surface area contributed by atoms with E-state index in [1.54, 1.807) is 7.11 Å². The monoisotopic (exact) mass is 306 g/mol. The van der Waals surface area contributed by atoms with E-state index in [2.05, 4.69) is 24.3 Å². The molecule has 2 rings (SSSR count). The Morgan fingerprint density at radius 1 is 1.32 bits per heavy atom. The quantitative estimate of drug-likeness (QED) is 0.872. The second-order valence-electron chi connectivity index (χ2n) is 5.92. The summed E-state index contributed by atoms with van der Waals surface area (Å²) in [4.78, 5) is 14.2. The number of nitrogens with zero attached hydrogens (tertiary/aromatic N) is 1. The van der Waals surface area contributed by atoms with Gasteiger partial charge in [0.2, 0.25) is 0 Å². The Balaban J connectivity index is 1.79. The molecular formula is C17H26N2O3. The minimum absolute atomic E-state index is 0.0381. The molecular weight excluding hydrogens is 280 g/mol. The van der Waals surface area contributed by atoms with Crippen molar-refractivity contribution >= 4 is 5.91 Å². The van der Waals surface area contributed by atoms with Crippen molar-refractivity contribution in [1.29, 1.82) is 0 Å². The van der Waals surface area contributed by atoms with E-state index in [-0.39, 0.29) is 18.3 Å². The molecule has 0 aromatic heterocycles. The molecule has 0 spiro atoms. The summed E-state index contributed by atoms with van der Waals surface area (Å²) < 4.78 is 11.3. The highest BCUT2D eigenvalue weighted by Crippen LogP contribution is 2.24. The first-order valence-electron chi connectivity index (χ1n) is 7.78. The van der Waals surface area contributed by atoms with Crippen molar-refractivity contribution in [3.8, 4) is 0 Å². The smallest absolute Gasteiger partial charge is 0.251 e. The number of benzene rings is 1. The fourth-order valence-electron chi connectivity index (χ4n) is 2.75. The summed E-state index contributed by atoms with van der Waals surface area (Å²) in [5.74, 6) is -0.0381. The van der Waals surface area contributed by atoms with Crippen molar-refractivity contribution in [2.24, 2.45) is 0 Å². The standard InChI is InChI=1S/C17H26N2O3/c1-19(2)14-11-15(22-16(12-14)21-3)9-10-18-17(20)13-7-5-4-6-8-13/h4-8,14-16H,9-12H2,1-3H3,(H,18,20)/t14-,15+,16+/m0/s1. The molecule has 5 heteroatoms. The van der Waals surface area contributed by atoms with E-state index in [0.29, 0.717) is 18.2 Å². The Morgan fingerprint density at radius 3 is 2.68 bits per heavy atom. The highest BCUT2D eigenvalue weighted by atomic mass is 16.7. The zero-order chi connectivity index (χ0) is 15.9. The van der Waals surface area contributed by atoms with Crippen LogP contribution in [0.3, 0.4) is 0 Å². The second kappa shape index (κ2) is 8.27. The zero-order valence-electron chi connectivity index (χ0n) is 13.6. The van der Waals surface area contributed by atoms with Crippen molar-refractivity contribution in [3.63, 3.8) is 0 Å². The number of amides is 1. The largest absolute Gasteiger partial charge is 0.356 e. The topological polar surface area (TPSA) is 50.8 Å². The molecule has 3 atom stereocenters. The van der Waals surface area contributed by atoms with Crippen LogP contribution in [-0.2, 0) is 9.47 Å².